The third kappa shape index (κ3) is 13.8. The normalized spacial score (nSPS) is 12.2. The highest BCUT2D eigenvalue weighted by atomic mass is 16.3. The minimum atomic E-state index is 0.235. The molecule has 2 N–H and O–H groups in total. The molecule has 1 unspecified atom stereocenters. The van der Waals surface area contributed by atoms with Gasteiger partial charge >= 0.3 is 0 Å². The van der Waals surface area contributed by atoms with Crippen LogP contribution >= 0.6 is 0 Å². The lowest BCUT2D eigenvalue weighted by Crippen LogP contribution is -1.97. The van der Waals surface area contributed by atoms with Crippen LogP contribution in [0.15, 0.2) is 0 Å². The van der Waals surface area contributed by atoms with Gasteiger partial charge in [-0.15, -0.1) is 0 Å². The minimum Gasteiger partial charge on any atom is -0.396 e. The zero-order valence-electron chi connectivity index (χ0n) is 13.0. The number of aliphatic hydroxyl groups is 2. The van der Waals surface area contributed by atoms with Gasteiger partial charge in [0, 0.05) is 19.1 Å². The molecule has 0 aromatic heterocycles. The summed E-state index contributed by atoms with van der Waals surface area (Å²) in [6.45, 7) is 0.613. The van der Waals surface area contributed by atoms with E-state index in [-0.39, 0.29) is 5.92 Å². The van der Waals surface area contributed by atoms with Crippen LogP contribution in [0.5, 0.6) is 0 Å². The largest absolute Gasteiger partial charge is 0.396 e. The highest BCUT2D eigenvalue weighted by Crippen LogP contribution is 2.18. The Bertz CT molecular complexity index is 226. The molecule has 0 saturated heterocycles. The van der Waals surface area contributed by atoms with E-state index in [0.717, 1.165) is 51.4 Å². The van der Waals surface area contributed by atoms with Crippen molar-refractivity contribution >= 4 is 0 Å². The number of hydrogen-bond acceptors (Lipinski definition) is 3. The minimum absolute atomic E-state index is 0.235. The van der Waals surface area contributed by atoms with Crippen molar-refractivity contribution < 1.29 is 10.2 Å². The zero-order valence-corrected chi connectivity index (χ0v) is 13.0. The maximum Gasteiger partial charge on any atom is 0.0655 e. The average Bonchev–Trinajstić information content (AvgIpc) is 2.47. The van der Waals surface area contributed by atoms with Crippen molar-refractivity contribution in [2.45, 2.75) is 83.5 Å². The van der Waals surface area contributed by atoms with Gasteiger partial charge in [-0.2, -0.15) is 5.26 Å². The molecule has 0 heterocycles. The maximum atomic E-state index is 9.11. The summed E-state index contributed by atoms with van der Waals surface area (Å²) in [5.41, 5.74) is 0. The van der Waals surface area contributed by atoms with E-state index in [1.807, 2.05) is 0 Å². The van der Waals surface area contributed by atoms with Crippen molar-refractivity contribution in [3.63, 3.8) is 0 Å². The van der Waals surface area contributed by atoms with Gasteiger partial charge in [0.25, 0.3) is 0 Å². The Hall–Kier alpha value is -0.590. The Labute approximate surface area is 125 Å². The molecule has 0 aromatic rings. The molecule has 0 aromatic carbocycles. The van der Waals surface area contributed by atoms with Crippen molar-refractivity contribution in [2.24, 2.45) is 5.92 Å². The van der Waals surface area contributed by atoms with E-state index in [0.29, 0.717) is 13.2 Å². The molecule has 20 heavy (non-hydrogen) atoms. The van der Waals surface area contributed by atoms with E-state index in [9.17, 15) is 0 Å². The van der Waals surface area contributed by atoms with Crippen LogP contribution in [0.1, 0.15) is 83.5 Å². The molecular formula is C17H33NO2. The molecule has 3 nitrogen and oxygen atoms in total. The van der Waals surface area contributed by atoms with Gasteiger partial charge in [0.05, 0.1) is 6.07 Å². The van der Waals surface area contributed by atoms with Crippen LogP contribution in [0, 0.1) is 17.2 Å². The highest BCUT2D eigenvalue weighted by molar-refractivity contribution is 4.82. The van der Waals surface area contributed by atoms with Crippen LogP contribution in [0.3, 0.4) is 0 Å². The van der Waals surface area contributed by atoms with Crippen LogP contribution in [-0.2, 0) is 0 Å². The number of nitrogens with zero attached hydrogens (tertiary/aromatic N) is 1. The molecule has 1 atom stereocenters. The van der Waals surface area contributed by atoms with Gasteiger partial charge in [0.15, 0.2) is 0 Å². The van der Waals surface area contributed by atoms with Gasteiger partial charge in [-0.3, -0.25) is 0 Å². The first-order chi connectivity index (χ1) is 9.85. The molecule has 0 fully saturated rings. The summed E-state index contributed by atoms with van der Waals surface area (Å²) >= 11 is 0. The number of nitriles is 1. The molecular weight excluding hydrogens is 250 g/mol. The second kappa shape index (κ2) is 16.5. The Balaban J connectivity index is 3.31. The Kier molecular flexibility index (Phi) is 16.0. The lowest BCUT2D eigenvalue weighted by molar-refractivity contribution is 0.281. The predicted octanol–water partition coefficient (Wildman–Crippen LogP) is 4.18. The van der Waals surface area contributed by atoms with Crippen LogP contribution in [-0.4, -0.2) is 23.4 Å². The standard InChI is InChI=1S/C17H33NO2/c18-16-17(13-9-5-7-11-15-20)12-8-4-2-1-3-6-10-14-19/h17,19-20H,1-15H2. The van der Waals surface area contributed by atoms with E-state index in [1.165, 1.54) is 32.1 Å². The summed E-state index contributed by atoms with van der Waals surface area (Å²) in [4.78, 5) is 0. The summed E-state index contributed by atoms with van der Waals surface area (Å²) in [7, 11) is 0. The van der Waals surface area contributed by atoms with Gasteiger partial charge in [-0.25, -0.2) is 0 Å². The molecule has 0 spiro atoms. The molecule has 0 aliphatic heterocycles. The third-order valence-electron chi connectivity index (χ3n) is 3.85. The first-order valence-corrected chi connectivity index (χ1v) is 8.46. The second-order valence-corrected chi connectivity index (χ2v) is 5.74. The number of rotatable bonds is 15. The summed E-state index contributed by atoms with van der Waals surface area (Å²) in [6, 6.07) is 2.43. The van der Waals surface area contributed by atoms with Gasteiger partial charge in [0.1, 0.15) is 0 Å². The van der Waals surface area contributed by atoms with Gasteiger partial charge < -0.3 is 10.2 Å². The molecule has 0 saturated carbocycles. The summed E-state index contributed by atoms with van der Waals surface area (Å²) in [5, 5.41) is 26.5. The summed E-state index contributed by atoms with van der Waals surface area (Å²) in [6.07, 6.45) is 14.6. The van der Waals surface area contributed by atoms with E-state index in [1.54, 1.807) is 0 Å². The van der Waals surface area contributed by atoms with Crippen LogP contribution in [0.25, 0.3) is 0 Å². The molecule has 0 rings (SSSR count). The van der Waals surface area contributed by atoms with Gasteiger partial charge in [-0.05, 0) is 25.7 Å². The first kappa shape index (κ1) is 19.4. The molecule has 0 amide bonds. The van der Waals surface area contributed by atoms with Crippen molar-refractivity contribution in [3.8, 4) is 6.07 Å². The van der Waals surface area contributed by atoms with E-state index >= 15 is 0 Å². The van der Waals surface area contributed by atoms with Crippen molar-refractivity contribution in [1.82, 2.24) is 0 Å². The SMILES string of the molecule is N#CC(CCCCCCO)CCCCCCCCCO. The topological polar surface area (TPSA) is 64.2 Å². The quantitative estimate of drug-likeness (QED) is 0.443. The average molecular weight is 283 g/mol. The predicted molar refractivity (Wildman–Crippen MR) is 83.3 cm³/mol. The van der Waals surface area contributed by atoms with E-state index in [2.05, 4.69) is 6.07 Å². The van der Waals surface area contributed by atoms with Crippen LogP contribution < -0.4 is 0 Å². The molecule has 0 radical (unpaired) electrons. The zero-order chi connectivity index (χ0) is 14.9. The van der Waals surface area contributed by atoms with Gasteiger partial charge in [-0.1, -0.05) is 57.8 Å². The van der Waals surface area contributed by atoms with Crippen LogP contribution in [0.4, 0.5) is 0 Å². The molecule has 0 aliphatic carbocycles. The summed E-state index contributed by atoms with van der Waals surface area (Å²) in [5.74, 6) is 0.235. The van der Waals surface area contributed by atoms with Gasteiger partial charge in [0.2, 0.25) is 0 Å². The van der Waals surface area contributed by atoms with Crippen LogP contribution in [0.2, 0.25) is 0 Å². The molecule has 118 valence electrons. The van der Waals surface area contributed by atoms with E-state index < -0.39 is 0 Å². The van der Waals surface area contributed by atoms with E-state index in [4.69, 9.17) is 15.5 Å². The van der Waals surface area contributed by atoms with Crippen molar-refractivity contribution in [1.29, 1.82) is 5.26 Å². The molecule has 3 heteroatoms. The fourth-order valence-corrected chi connectivity index (χ4v) is 2.52. The second-order valence-electron chi connectivity index (χ2n) is 5.74. The number of unbranched alkanes of at least 4 members (excludes halogenated alkanes) is 9. The smallest absolute Gasteiger partial charge is 0.0655 e. The summed E-state index contributed by atoms with van der Waals surface area (Å²) < 4.78 is 0. The Morgan fingerprint density at radius 2 is 0.950 bits per heavy atom. The number of aliphatic hydroxyl groups excluding tert-OH is 2. The Morgan fingerprint density at radius 1 is 0.600 bits per heavy atom. The third-order valence-corrected chi connectivity index (χ3v) is 3.85. The monoisotopic (exact) mass is 283 g/mol. The first-order valence-electron chi connectivity index (χ1n) is 8.46. The highest BCUT2D eigenvalue weighted by Gasteiger charge is 2.06. The number of hydrogen-bond donors (Lipinski definition) is 2. The fourth-order valence-electron chi connectivity index (χ4n) is 2.52. The molecule has 0 aliphatic rings. The lowest BCUT2D eigenvalue weighted by atomic mass is 9.95. The fraction of sp³-hybridized carbons (Fsp3) is 0.941. The maximum absolute atomic E-state index is 9.11. The van der Waals surface area contributed by atoms with Crippen molar-refractivity contribution in [2.75, 3.05) is 13.2 Å². The molecule has 0 bridgehead atoms. The van der Waals surface area contributed by atoms with Crippen molar-refractivity contribution in [3.05, 3.63) is 0 Å². The Morgan fingerprint density at radius 3 is 1.30 bits per heavy atom. The lowest BCUT2D eigenvalue weighted by Gasteiger charge is -2.08.